The first-order valence-electron chi connectivity index (χ1n) is 10.5. The van der Waals surface area contributed by atoms with E-state index in [4.69, 9.17) is 14.7 Å². The number of anilines is 2. The molecule has 8 heteroatoms. The number of aromatic nitrogens is 2. The van der Waals surface area contributed by atoms with Gasteiger partial charge in [-0.3, -0.25) is 4.79 Å². The van der Waals surface area contributed by atoms with Crippen LogP contribution >= 0.6 is 11.3 Å². The van der Waals surface area contributed by atoms with Crippen LogP contribution in [0.2, 0.25) is 0 Å². The molecule has 3 heterocycles. The number of aryl methyl sites for hydroxylation is 2. The van der Waals surface area contributed by atoms with Crippen molar-refractivity contribution >= 4 is 39.0 Å². The van der Waals surface area contributed by atoms with Crippen LogP contribution < -0.4 is 15.5 Å². The number of carbonyl (C=O) groups is 1. The number of hydrogen-bond acceptors (Lipinski definition) is 6. The molecule has 1 aromatic carbocycles. The minimum absolute atomic E-state index is 0.0857. The molecule has 0 bridgehead atoms. The van der Waals surface area contributed by atoms with E-state index in [9.17, 15) is 4.79 Å². The van der Waals surface area contributed by atoms with E-state index in [0.29, 0.717) is 5.56 Å². The minimum atomic E-state index is -0.0857. The fourth-order valence-electron chi connectivity index (χ4n) is 4.26. The van der Waals surface area contributed by atoms with Crippen LogP contribution in [-0.4, -0.2) is 49.2 Å². The molecule has 156 valence electrons. The number of hydrogen-bond donors (Lipinski definition) is 3. The number of nitrogens with zero attached hydrogens (tertiary/aromatic N) is 2. The molecule has 1 aliphatic heterocycles. The lowest BCUT2D eigenvalue weighted by Crippen LogP contribution is -3.12. The topological polar surface area (TPSA) is 80.6 Å². The average molecular weight is 425 g/mol. The number of thiophene rings is 1. The summed E-state index contributed by atoms with van der Waals surface area (Å²) in [5.41, 5.74) is 2.97. The standard InChI is InChI=1S/C22H25N5O2S/c1-23-21(28)14-5-7-15(8-6-14)24-20-19-16-3-2-4-17(16)30-22(19)26-18(25-20)13-27-9-11-29-12-10-27/h5-8H,2-4,9-13H2,1H3,(H,23,28)(H,24,25,26)/p+1. The number of amides is 1. The normalized spacial score (nSPS) is 16.6. The smallest absolute Gasteiger partial charge is 0.251 e. The number of carbonyl (C=O) groups excluding carboxylic acids is 1. The van der Waals surface area contributed by atoms with Crippen molar-refractivity contribution in [3.8, 4) is 0 Å². The summed E-state index contributed by atoms with van der Waals surface area (Å²) in [6.07, 6.45) is 3.44. The summed E-state index contributed by atoms with van der Waals surface area (Å²) in [6, 6.07) is 7.52. The summed E-state index contributed by atoms with van der Waals surface area (Å²) in [5.74, 6) is 1.68. The molecule has 2 aliphatic rings. The maximum atomic E-state index is 11.8. The highest BCUT2D eigenvalue weighted by Gasteiger charge is 2.24. The van der Waals surface area contributed by atoms with Crippen molar-refractivity contribution in [2.45, 2.75) is 25.8 Å². The second-order valence-electron chi connectivity index (χ2n) is 7.85. The molecule has 0 spiro atoms. The number of nitrogens with one attached hydrogen (secondary N) is 3. The van der Waals surface area contributed by atoms with Crippen molar-refractivity contribution in [1.82, 2.24) is 15.3 Å². The molecule has 1 saturated heterocycles. The Hall–Kier alpha value is -2.55. The average Bonchev–Trinajstić information content (AvgIpc) is 3.35. The number of ether oxygens (including phenoxy) is 1. The largest absolute Gasteiger partial charge is 0.370 e. The van der Waals surface area contributed by atoms with Gasteiger partial charge in [-0.05, 0) is 49.1 Å². The van der Waals surface area contributed by atoms with E-state index in [1.54, 1.807) is 7.05 Å². The zero-order valence-electron chi connectivity index (χ0n) is 17.1. The fourth-order valence-corrected chi connectivity index (χ4v) is 5.54. The molecule has 0 unspecified atom stereocenters. The molecule has 0 radical (unpaired) electrons. The fraction of sp³-hybridized carbons (Fsp3) is 0.409. The Morgan fingerprint density at radius 3 is 2.73 bits per heavy atom. The molecule has 3 N–H and O–H groups in total. The van der Waals surface area contributed by atoms with E-state index in [-0.39, 0.29) is 5.91 Å². The van der Waals surface area contributed by atoms with Crippen molar-refractivity contribution in [1.29, 1.82) is 0 Å². The van der Waals surface area contributed by atoms with Gasteiger partial charge in [0.2, 0.25) is 0 Å². The van der Waals surface area contributed by atoms with Crippen LogP contribution in [0.4, 0.5) is 11.5 Å². The van der Waals surface area contributed by atoms with Gasteiger partial charge in [0, 0.05) is 23.2 Å². The lowest BCUT2D eigenvalue weighted by Gasteiger charge is -2.23. The SMILES string of the molecule is CNC(=O)c1ccc(Nc2nc(C[NH+]3CCOCC3)nc3sc4c(c23)CCC4)cc1. The van der Waals surface area contributed by atoms with Crippen LogP contribution in [0.1, 0.15) is 33.0 Å². The summed E-state index contributed by atoms with van der Waals surface area (Å²) in [5, 5.41) is 7.34. The summed E-state index contributed by atoms with van der Waals surface area (Å²) in [7, 11) is 1.64. The van der Waals surface area contributed by atoms with Crippen molar-refractivity contribution < 1.29 is 14.4 Å². The molecular formula is C22H26N5O2S+. The second kappa shape index (κ2) is 8.29. The van der Waals surface area contributed by atoms with E-state index in [2.05, 4.69) is 10.6 Å². The first-order valence-corrected chi connectivity index (χ1v) is 11.3. The zero-order valence-corrected chi connectivity index (χ0v) is 17.9. The van der Waals surface area contributed by atoms with Gasteiger partial charge in [-0.2, -0.15) is 0 Å². The first-order chi connectivity index (χ1) is 14.7. The van der Waals surface area contributed by atoms with Gasteiger partial charge in [0.25, 0.3) is 5.91 Å². The lowest BCUT2D eigenvalue weighted by atomic mass is 10.1. The lowest BCUT2D eigenvalue weighted by molar-refractivity contribution is -0.922. The molecule has 5 rings (SSSR count). The maximum absolute atomic E-state index is 11.8. The highest BCUT2D eigenvalue weighted by atomic mass is 32.1. The summed E-state index contributed by atoms with van der Waals surface area (Å²) < 4.78 is 5.49. The second-order valence-corrected chi connectivity index (χ2v) is 8.93. The van der Waals surface area contributed by atoms with Gasteiger partial charge in [0.1, 0.15) is 30.3 Å². The molecule has 3 aromatic rings. The van der Waals surface area contributed by atoms with Crippen molar-refractivity contribution in [3.63, 3.8) is 0 Å². The van der Waals surface area contributed by atoms with E-state index in [1.165, 1.54) is 27.1 Å². The van der Waals surface area contributed by atoms with E-state index in [0.717, 1.165) is 67.8 Å². The molecule has 1 fully saturated rings. The van der Waals surface area contributed by atoms with Gasteiger partial charge in [0.05, 0.1) is 18.6 Å². The molecule has 0 saturated carbocycles. The first kappa shape index (κ1) is 19.4. The Balaban J connectivity index is 1.49. The third-order valence-electron chi connectivity index (χ3n) is 5.86. The molecule has 7 nitrogen and oxygen atoms in total. The number of morpholine rings is 1. The number of fused-ring (bicyclic) bond motifs is 3. The Kier molecular flexibility index (Phi) is 5.37. The molecule has 1 aliphatic carbocycles. The summed E-state index contributed by atoms with van der Waals surface area (Å²) in [4.78, 5) is 25.7. The monoisotopic (exact) mass is 424 g/mol. The van der Waals surface area contributed by atoms with Crippen LogP contribution in [0.3, 0.4) is 0 Å². The van der Waals surface area contributed by atoms with Crippen LogP contribution in [0.15, 0.2) is 24.3 Å². The zero-order chi connectivity index (χ0) is 20.5. The molecule has 0 atom stereocenters. The Bertz CT molecular complexity index is 1070. The van der Waals surface area contributed by atoms with Crippen LogP contribution in [0, 0.1) is 0 Å². The van der Waals surface area contributed by atoms with Crippen LogP contribution in [-0.2, 0) is 24.1 Å². The van der Waals surface area contributed by atoms with Crippen molar-refractivity contribution in [3.05, 3.63) is 46.1 Å². The highest BCUT2D eigenvalue weighted by molar-refractivity contribution is 7.19. The predicted octanol–water partition coefficient (Wildman–Crippen LogP) is 1.70. The summed E-state index contributed by atoms with van der Waals surface area (Å²) >= 11 is 1.82. The molecular weight excluding hydrogens is 398 g/mol. The molecule has 2 aromatic heterocycles. The van der Waals surface area contributed by atoms with Gasteiger partial charge >= 0.3 is 0 Å². The van der Waals surface area contributed by atoms with Gasteiger partial charge in [-0.25, -0.2) is 9.97 Å². The highest BCUT2D eigenvalue weighted by Crippen LogP contribution is 2.40. The van der Waals surface area contributed by atoms with E-state index in [1.807, 2.05) is 35.6 Å². The predicted molar refractivity (Wildman–Crippen MR) is 118 cm³/mol. The van der Waals surface area contributed by atoms with Crippen LogP contribution in [0.5, 0.6) is 0 Å². The summed E-state index contributed by atoms with van der Waals surface area (Å²) in [6.45, 7) is 4.39. The van der Waals surface area contributed by atoms with E-state index >= 15 is 0 Å². The number of benzene rings is 1. The van der Waals surface area contributed by atoms with Gasteiger partial charge in [-0.1, -0.05) is 0 Å². The van der Waals surface area contributed by atoms with Gasteiger partial charge in [-0.15, -0.1) is 11.3 Å². The van der Waals surface area contributed by atoms with Crippen molar-refractivity contribution in [2.24, 2.45) is 0 Å². The Morgan fingerprint density at radius 2 is 1.97 bits per heavy atom. The van der Waals surface area contributed by atoms with Gasteiger partial charge in [0.15, 0.2) is 5.82 Å². The maximum Gasteiger partial charge on any atom is 0.251 e. The Labute approximate surface area is 179 Å². The number of rotatable bonds is 5. The Morgan fingerprint density at radius 1 is 1.17 bits per heavy atom. The third-order valence-corrected chi connectivity index (χ3v) is 7.04. The van der Waals surface area contributed by atoms with Crippen LogP contribution in [0.25, 0.3) is 10.2 Å². The molecule has 30 heavy (non-hydrogen) atoms. The van der Waals surface area contributed by atoms with E-state index < -0.39 is 0 Å². The van der Waals surface area contributed by atoms with Crippen molar-refractivity contribution in [2.75, 3.05) is 38.7 Å². The quantitative estimate of drug-likeness (QED) is 0.581. The third kappa shape index (κ3) is 3.78. The van der Waals surface area contributed by atoms with Gasteiger partial charge < -0.3 is 20.3 Å². The minimum Gasteiger partial charge on any atom is -0.370 e. The number of quaternary nitrogens is 1. The molecule has 1 amide bonds.